The number of methoxy groups -OCH3 is 1. The summed E-state index contributed by atoms with van der Waals surface area (Å²) >= 11 is 0. The lowest BCUT2D eigenvalue weighted by Gasteiger charge is -2.18. The van der Waals surface area contributed by atoms with E-state index in [1.165, 1.54) is 12.1 Å². The maximum absolute atomic E-state index is 13.1. The fourth-order valence-electron chi connectivity index (χ4n) is 2.83. The number of ether oxygens (including phenoxy) is 1. The summed E-state index contributed by atoms with van der Waals surface area (Å²) in [6.07, 6.45) is 1.54. The minimum atomic E-state index is -0.314. The van der Waals surface area contributed by atoms with Crippen LogP contribution in [0.25, 0.3) is 5.69 Å². The molecule has 0 saturated carbocycles. The van der Waals surface area contributed by atoms with E-state index < -0.39 is 0 Å². The largest absolute Gasteiger partial charge is 0.496 e. The maximum Gasteiger partial charge on any atom is 0.257 e. The highest BCUT2D eigenvalue weighted by atomic mass is 19.1. The van der Waals surface area contributed by atoms with Crippen LogP contribution in [0.1, 0.15) is 21.6 Å². The molecule has 0 fully saturated rings. The molecule has 0 spiro atoms. The third-order valence-corrected chi connectivity index (χ3v) is 4.26. The van der Waals surface area contributed by atoms with Gasteiger partial charge in [0.25, 0.3) is 5.91 Å². The molecule has 134 valence electrons. The first kappa shape index (κ1) is 17.7. The van der Waals surface area contributed by atoms with Crippen LogP contribution in [0.3, 0.4) is 0 Å². The summed E-state index contributed by atoms with van der Waals surface area (Å²) in [5.74, 6) is 0.291. The van der Waals surface area contributed by atoms with Gasteiger partial charge in [0.2, 0.25) is 0 Å². The number of hydrogen-bond donors (Lipinski definition) is 0. The fourth-order valence-corrected chi connectivity index (χ4v) is 2.83. The molecule has 1 aromatic heterocycles. The van der Waals surface area contributed by atoms with Gasteiger partial charge in [0.15, 0.2) is 0 Å². The lowest BCUT2D eigenvalue weighted by atomic mass is 10.1. The van der Waals surface area contributed by atoms with E-state index in [1.54, 1.807) is 42.1 Å². The number of aromatic nitrogens is 2. The third-order valence-electron chi connectivity index (χ3n) is 4.26. The van der Waals surface area contributed by atoms with Crippen LogP contribution < -0.4 is 4.74 Å². The van der Waals surface area contributed by atoms with E-state index in [0.717, 1.165) is 11.3 Å². The van der Waals surface area contributed by atoms with Crippen molar-refractivity contribution in [2.45, 2.75) is 13.5 Å². The smallest absolute Gasteiger partial charge is 0.257 e. The topological polar surface area (TPSA) is 47.4 Å². The standard InChI is InChI=1S/C20H20FN3O2/c1-14-18(12-22-24(14)17-10-8-16(21)9-11-17)20(25)23(2)13-15-6-4-5-7-19(15)26-3/h4-12H,13H2,1-3H3. The first-order chi connectivity index (χ1) is 12.5. The molecular formula is C20H20FN3O2. The molecular weight excluding hydrogens is 333 g/mol. The molecule has 0 aliphatic heterocycles. The second-order valence-corrected chi connectivity index (χ2v) is 6.00. The monoisotopic (exact) mass is 353 g/mol. The van der Waals surface area contributed by atoms with E-state index >= 15 is 0 Å². The molecule has 0 aliphatic carbocycles. The molecule has 3 rings (SSSR count). The van der Waals surface area contributed by atoms with E-state index in [2.05, 4.69) is 5.10 Å². The SMILES string of the molecule is COc1ccccc1CN(C)C(=O)c1cnn(-c2ccc(F)cc2)c1C. The van der Waals surface area contributed by atoms with Gasteiger partial charge in [-0.1, -0.05) is 18.2 Å². The molecule has 0 aliphatic rings. The summed E-state index contributed by atoms with van der Waals surface area (Å²) in [4.78, 5) is 14.5. The van der Waals surface area contributed by atoms with Gasteiger partial charge < -0.3 is 9.64 Å². The average Bonchev–Trinajstić information content (AvgIpc) is 3.03. The number of hydrogen-bond acceptors (Lipinski definition) is 3. The molecule has 0 radical (unpaired) electrons. The Hall–Kier alpha value is -3.15. The predicted molar refractivity (Wildman–Crippen MR) is 97.1 cm³/mol. The zero-order valence-electron chi connectivity index (χ0n) is 14.9. The van der Waals surface area contributed by atoms with E-state index in [1.807, 2.05) is 31.2 Å². The van der Waals surface area contributed by atoms with Crippen molar-refractivity contribution in [3.8, 4) is 11.4 Å². The van der Waals surface area contributed by atoms with Gasteiger partial charge in [-0.2, -0.15) is 5.10 Å². The second-order valence-electron chi connectivity index (χ2n) is 6.00. The Morgan fingerprint density at radius 1 is 1.19 bits per heavy atom. The first-order valence-electron chi connectivity index (χ1n) is 8.19. The highest BCUT2D eigenvalue weighted by Gasteiger charge is 2.19. The molecule has 0 bridgehead atoms. The normalized spacial score (nSPS) is 10.6. The molecule has 0 N–H and O–H groups in total. The number of carbonyl (C=O) groups is 1. The molecule has 26 heavy (non-hydrogen) atoms. The molecule has 0 atom stereocenters. The maximum atomic E-state index is 13.1. The number of amides is 1. The lowest BCUT2D eigenvalue weighted by Crippen LogP contribution is -2.26. The number of halogens is 1. The summed E-state index contributed by atoms with van der Waals surface area (Å²) in [5, 5.41) is 4.28. The van der Waals surface area contributed by atoms with Crippen LogP contribution in [0, 0.1) is 12.7 Å². The minimum absolute atomic E-state index is 0.137. The second kappa shape index (κ2) is 7.39. The molecule has 0 unspecified atom stereocenters. The Labute approximate surface area is 151 Å². The predicted octanol–water partition coefficient (Wildman–Crippen LogP) is 3.60. The van der Waals surface area contributed by atoms with Crippen molar-refractivity contribution in [3.63, 3.8) is 0 Å². The summed E-state index contributed by atoms with van der Waals surface area (Å²) in [6.45, 7) is 2.24. The molecule has 5 nitrogen and oxygen atoms in total. The van der Waals surface area contributed by atoms with E-state index in [0.29, 0.717) is 23.5 Å². The van der Waals surface area contributed by atoms with Crippen molar-refractivity contribution in [2.24, 2.45) is 0 Å². The Kier molecular flexibility index (Phi) is 5.02. The van der Waals surface area contributed by atoms with Crippen LogP contribution in [0.15, 0.2) is 54.7 Å². The molecule has 3 aromatic rings. The number of nitrogens with zero attached hydrogens (tertiary/aromatic N) is 3. The Morgan fingerprint density at radius 3 is 2.58 bits per heavy atom. The Bertz CT molecular complexity index is 919. The van der Waals surface area contributed by atoms with Crippen LogP contribution in [0.4, 0.5) is 4.39 Å². The fraction of sp³-hybridized carbons (Fsp3) is 0.200. The Morgan fingerprint density at radius 2 is 1.88 bits per heavy atom. The van der Waals surface area contributed by atoms with Crippen molar-refractivity contribution in [3.05, 3.63) is 77.4 Å². The molecule has 1 heterocycles. The van der Waals surface area contributed by atoms with E-state index in [9.17, 15) is 9.18 Å². The minimum Gasteiger partial charge on any atom is -0.496 e. The Balaban J connectivity index is 1.83. The third kappa shape index (κ3) is 3.44. The van der Waals surface area contributed by atoms with Gasteiger partial charge in [0.05, 0.1) is 30.3 Å². The number of rotatable bonds is 5. The lowest BCUT2D eigenvalue weighted by molar-refractivity contribution is 0.0783. The van der Waals surface area contributed by atoms with Gasteiger partial charge in [0.1, 0.15) is 11.6 Å². The highest BCUT2D eigenvalue weighted by Crippen LogP contribution is 2.21. The van der Waals surface area contributed by atoms with Crippen molar-refractivity contribution in [1.82, 2.24) is 14.7 Å². The molecule has 2 aromatic carbocycles. The quantitative estimate of drug-likeness (QED) is 0.704. The zero-order valence-corrected chi connectivity index (χ0v) is 14.9. The summed E-state index contributed by atoms with van der Waals surface area (Å²) in [6, 6.07) is 13.6. The van der Waals surface area contributed by atoms with Gasteiger partial charge in [0, 0.05) is 19.2 Å². The summed E-state index contributed by atoms with van der Waals surface area (Å²) in [7, 11) is 3.35. The average molecular weight is 353 g/mol. The van der Waals surface area contributed by atoms with Crippen molar-refractivity contribution < 1.29 is 13.9 Å². The van der Waals surface area contributed by atoms with Gasteiger partial charge in [-0.25, -0.2) is 9.07 Å². The van der Waals surface area contributed by atoms with E-state index in [-0.39, 0.29) is 11.7 Å². The summed E-state index contributed by atoms with van der Waals surface area (Å²) < 4.78 is 20.1. The molecule has 0 saturated heterocycles. The first-order valence-corrected chi connectivity index (χ1v) is 8.19. The van der Waals surface area contributed by atoms with Crippen LogP contribution in [-0.2, 0) is 6.54 Å². The van der Waals surface area contributed by atoms with Crippen molar-refractivity contribution in [1.29, 1.82) is 0 Å². The van der Waals surface area contributed by atoms with Gasteiger partial charge >= 0.3 is 0 Å². The van der Waals surface area contributed by atoms with Crippen LogP contribution in [-0.4, -0.2) is 34.7 Å². The van der Waals surface area contributed by atoms with Crippen molar-refractivity contribution in [2.75, 3.05) is 14.2 Å². The van der Waals surface area contributed by atoms with Gasteiger partial charge in [-0.3, -0.25) is 4.79 Å². The van der Waals surface area contributed by atoms with Gasteiger partial charge in [-0.05, 0) is 37.3 Å². The van der Waals surface area contributed by atoms with Crippen LogP contribution in [0.5, 0.6) is 5.75 Å². The highest BCUT2D eigenvalue weighted by molar-refractivity contribution is 5.95. The molecule has 1 amide bonds. The van der Waals surface area contributed by atoms with Gasteiger partial charge in [-0.15, -0.1) is 0 Å². The zero-order chi connectivity index (χ0) is 18.7. The number of benzene rings is 2. The van der Waals surface area contributed by atoms with E-state index in [4.69, 9.17) is 4.74 Å². The van der Waals surface area contributed by atoms with Crippen LogP contribution in [0.2, 0.25) is 0 Å². The number of para-hydroxylation sites is 1. The number of carbonyl (C=O) groups excluding carboxylic acids is 1. The van der Waals surface area contributed by atoms with Crippen molar-refractivity contribution >= 4 is 5.91 Å². The van der Waals surface area contributed by atoms with Crippen LogP contribution >= 0.6 is 0 Å². The molecule has 6 heteroatoms. The summed E-state index contributed by atoms with van der Waals surface area (Å²) in [5.41, 5.74) is 2.84.